The SMILES string of the molecule is Cc1[nH]c2ccc(C(=O)NCC(=O)Nc3ccccc3)cc2c1C. The number of anilines is 1. The van der Waals surface area contributed by atoms with E-state index in [9.17, 15) is 9.59 Å². The van der Waals surface area contributed by atoms with Crippen LogP contribution >= 0.6 is 0 Å². The Balaban J connectivity index is 1.64. The number of carbonyl (C=O) groups excluding carboxylic acids is 2. The van der Waals surface area contributed by atoms with Gasteiger partial charge in [-0.1, -0.05) is 18.2 Å². The number of fused-ring (bicyclic) bond motifs is 1. The van der Waals surface area contributed by atoms with Gasteiger partial charge in [0.2, 0.25) is 5.91 Å². The van der Waals surface area contributed by atoms with E-state index in [2.05, 4.69) is 15.6 Å². The Labute approximate surface area is 140 Å². The van der Waals surface area contributed by atoms with Crippen LogP contribution in [0, 0.1) is 13.8 Å². The van der Waals surface area contributed by atoms with E-state index in [4.69, 9.17) is 0 Å². The van der Waals surface area contributed by atoms with Gasteiger partial charge in [-0.3, -0.25) is 9.59 Å². The highest BCUT2D eigenvalue weighted by molar-refractivity contribution is 6.01. The summed E-state index contributed by atoms with van der Waals surface area (Å²) in [6, 6.07) is 14.6. The molecule has 0 bridgehead atoms. The number of para-hydroxylation sites is 1. The highest BCUT2D eigenvalue weighted by atomic mass is 16.2. The molecule has 5 heteroatoms. The van der Waals surface area contributed by atoms with Crippen molar-refractivity contribution in [1.29, 1.82) is 0 Å². The predicted octanol–water partition coefficient (Wildman–Crippen LogP) is 3.15. The predicted molar refractivity (Wildman–Crippen MR) is 95.2 cm³/mol. The maximum absolute atomic E-state index is 12.3. The van der Waals surface area contributed by atoms with Crippen molar-refractivity contribution in [1.82, 2.24) is 10.3 Å². The van der Waals surface area contributed by atoms with Crippen LogP contribution in [0.3, 0.4) is 0 Å². The van der Waals surface area contributed by atoms with E-state index >= 15 is 0 Å². The lowest BCUT2D eigenvalue weighted by molar-refractivity contribution is -0.115. The molecule has 0 radical (unpaired) electrons. The molecule has 0 saturated carbocycles. The van der Waals surface area contributed by atoms with Gasteiger partial charge in [0.25, 0.3) is 5.91 Å². The summed E-state index contributed by atoms with van der Waals surface area (Å²) in [6.07, 6.45) is 0. The zero-order valence-electron chi connectivity index (χ0n) is 13.6. The Morgan fingerprint density at radius 2 is 1.79 bits per heavy atom. The number of amides is 2. The lowest BCUT2D eigenvalue weighted by atomic mass is 10.1. The van der Waals surface area contributed by atoms with Gasteiger partial charge in [-0.05, 0) is 49.7 Å². The van der Waals surface area contributed by atoms with Crippen molar-refractivity contribution in [2.75, 3.05) is 11.9 Å². The van der Waals surface area contributed by atoms with E-state index < -0.39 is 0 Å². The quantitative estimate of drug-likeness (QED) is 0.690. The maximum Gasteiger partial charge on any atom is 0.251 e. The van der Waals surface area contributed by atoms with Crippen LogP contribution in [0.4, 0.5) is 5.69 Å². The maximum atomic E-state index is 12.3. The molecule has 1 aromatic heterocycles. The van der Waals surface area contributed by atoms with Gasteiger partial charge in [0, 0.05) is 27.8 Å². The molecule has 3 rings (SSSR count). The molecule has 2 amide bonds. The molecule has 0 spiro atoms. The van der Waals surface area contributed by atoms with Gasteiger partial charge in [-0.15, -0.1) is 0 Å². The molecule has 0 aliphatic carbocycles. The minimum absolute atomic E-state index is 0.0725. The lowest BCUT2D eigenvalue weighted by Gasteiger charge is -2.07. The number of aryl methyl sites for hydroxylation is 2. The van der Waals surface area contributed by atoms with Gasteiger partial charge in [0.1, 0.15) is 0 Å². The first-order chi connectivity index (χ1) is 11.5. The Hall–Kier alpha value is -3.08. The van der Waals surface area contributed by atoms with Crippen LogP contribution < -0.4 is 10.6 Å². The molecule has 0 saturated heterocycles. The molecule has 122 valence electrons. The number of hydrogen-bond donors (Lipinski definition) is 3. The number of rotatable bonds is 4. The van der Waals surface area contributed by atoms with E-state index in [0.717, 1.165) is 22.2 Å². The first-order valence-corrected chi connectivity index (χ1v) is 7.76. The molecule has 24 heavy (non-hydrogen) atoms. The number of aromatic amines is 1. The zero-order chi connectivity index (χ0) is 17.1. The summed E-state index contributed by atoms with van der Waals surface area (Å²) in [7, 11) is 0. The highest BCUT2D eigenvalue weighted by Gasteiger charge is 2.11. The summed E-state index contributed by atoms with van der Waals surface area (Å²) < 4.78 is 0. The first-order valence-electron chi connectivity index (χ1n) is 7.76. The zero-order valence-corrected chi connectivity index (χ0v) is 13.6. The Morgan fingerprint density at radius 1 is 1.04 bits per heavy atom. The van der Waals surface area contributed by atoms with Gasteiger partial charge in [0.15, 0.2) is 0 Å². The van der Waals surface area contributed by atoms with Crippen LogP contribution in [0.15, 0.2) is 48.5 Å². The fraction of sp³-hybridized carbons (Fsp3) is 0.158. The first kappa shape index (κ1) is 15.8. The number of carbonyl (C=O) groups is 2. The third-order valence-electron chi connectivity index (χ3n) is 4.04. The lowest BCUT2D eigenvalue weighted by Crippen LogP contribution is -2.32. The normalized spacial score (nSPS) is 10.6. The van der Waals surface area contributed by atoms with Crippen molar-refractivity contribution >= 4 is 28.4 Å². The third kappa shape index (κ3) is 3.30. The standard InChI is InChI=1S/C19H19N3O2/c1-12-13(2)21-17-9-8-14(10-16(12)17)19(24)20-11-18(23)22-15-6-4-3-5-7-15/h3-10,21H,11H2,1-2H3,(H,20,24)(H,22,23). The molecule has 2 aromatic carbocycles. The smallest absolute Gasteiger partial charge is 0.251 e. The van der Waals surface area contributed by atoms with Crippen LogP contribution in [-0.2, 0) is 4.79 Å². The van der Waals surface area contributed by atoms with Gasteiger partial charge < -0.3 is 15.6 Å². The molecule has 0 fully saturated rings. The van der Waals surface area contributed by atoms with Gasteiger partial charge in [-0.2, -0.15) is 0 Å². The minimum Gasteiger partial charge on any atom is -0.358 e. The van der Waals surface area contributed by atoms with E-state index in [1.54, 1.807) is 18.2 Å². The second-order valence-electron chi connectivity index (χ2n) is 5.73. The average molecular weight is 321 g/mol. The summed E-state index contributed by atoms with van der Waals surface area (Å²) in [5.74, 6) is -0.525. The molecule has 0 aliphatic rings. The molecular formula is C19H19N3O2. The molecule has 0 atom stereocenters. The number of hydrogen-bond acceptors (Lipinski definition) is 2. The monoisotopic (exact) mass is 321 g/mol. The van der Waals surface area contributed by atoms with Crippen LogP contribution in [0.2, 0.25) is 0 Å². The van der Waals surface area contributed by atoms with Crippen LogP contribution in [0.1, 0.15) is 21.6 Å². The van der Waals surface area contributed by atoms with E-state index in [0.29, 0.717) is 11.3 Å². The minimum atomic E-state index is -0.265. The second-order valence-corrected chi connectivity index (χ2v) is 5.73. The summed E-state index contributed by atoms with van der Waals surface area (Å²) in [4.78, 5) is 27.4. The van der Waals surface area contributed by atoms with Crippen molar-refractivity contribution in [3.8, 4) is 0 Å². The summed E-state index contributed by atoms with van der Waals surface area (Å²) in [5, 5.41) is 6.40. The average Bonchev–Trinajstić information content (AvgIpc) is 2.87. The molecule has 0 aliphatic heterocycles. The van der Waals surface area contributed by atoms with Crippen molar-refractivity contribution in [3.63, 3.8) is 0 Å². The van der Waals surface area contributed by atoms with Gasteiger partial charge in [0.05, 0.1) is 6.54 Å². The summed E-state index contributed by atoms with van der Waals surface area (Å²) >= 11 is 0. The van der Waals surface area contributed by atoms with Gasteiger partial charge >= 0.3 is 0 Å². The van der Waals surface area contributed by atoms with Crippen LogP contribution in [0.25, 0.3) is 10.9 Å². The molecule has 0 unspecified atom stereocenters. The van der Waals surface area contributed by atoms with E-state index in [1.165, 1.54) is 0 Å². The Bertz CT molecular complexity index is 898. The number of H-pyrrole nitrogens is 1. The van der Waals surface area contributed by atoms with Gasteiger partial charge in [-0.25, -0.2) is 0 Å². The third-order valence-corrected chi connectivity index (χ3v) is 4.04. The number of nitrogens with one attached hydrogen (secondary N) is 3. The summed E-state index contributed by atoms with van der Waals surface area (Å²) in [6.45, 7) is 3.95. The second kappa shape index (κ2) is 6.58. The molecule has 1 heterocycles. The van der Waals surface area contributed by atoms with Crippen molar-refractivity contribution in [2.45, 2.75) is 13.8 Å². The summed E-state index contributed by atoms with van der Waals surface area (Å²) in [5.41, 5.74) is 4.46. The Morgan fingerprint density at radius 3 is 2.54 bits per heavy atom. The van der Waals surface area contributed by atoms with E-state index in [-0.39, 0.29) is 18.4 Å². The molecule has 3 N–H and O–H groups in total. The van der Waals surface area contributed by atoms with Crippen molar-refractivity contribution < 1.29 is 9.59 Å². The van der Waals surface area contributed by atoms with E-state index in [1.807, 2.05) is 44.2 Å². The number of aromatic nitrogens is 1. The van der Waals surface area contributed by atoms with Crippen molar-refractivity contribution in [2.24, 2.45) is 0 Å². The topological polar surface area (TPSA) is 74.0 Å². The number of benzene rings is 2. The van der Waals surface area contributed by atoms with Crippen LogP contribution in [-0.4, -0.2) is 23.3 Å². The highest BCUT2D eigenvalue weighted by Crippen LogP contribution is 2.22. The van der Waals surface area contributed by atoms with Crippen molar-refractivity contribution in [3.05, 3.63) is 65.4 Å². The Kier molecular flexibility index (Phi) is 4.33. The van der Waals surface area contributed by atoms with Crippen LogP contribution in [0.5, 0.6) is 0 Å². The fourth-order valence-electron chi connectivity index (χ4n) is 2.59. The molecular weight excluding hydrogens is 302 g/mol. The largest absolute Gasteiger partial charge is 0.358 e. The molecule has 3 aromatic rings. The molecule has 5 nitrogen and oxygen atoms in total. The fourth-order valence-corrected chi connectivity index (χ4v) is 2.59.